The third-order valence-electron chi connectivity index (χ3n) is 4.47. The van der Waals surface area contributed by atoms with Crippen LogP contribution in [0.2, 0.25) is 10.0 Å². The van der Waals surface area contributed by atoms with Crippen molar-refractivity contribution in [2.24, 2.45) is 0 Å². The maximum absolute atomic E-state index is 6.14. The van der Waals surface area contributed by atoms with E-state index in [1.165, 1.54) is 4.88 Å². The van der Waals surface area contributed by atoms with Gasteiger partial charge in [-0.25, -0.2) is 0 Å². The van der Waals surface area contributed by atoms with E-state index in [2.05, 4.69) is 33.1 Å². The van der Waals surface area contributed by atoms with Crippen molar-refractivity contribution in [1.29, 1.82) is 0 Å². The number of aromatic nitrogens is 3. The van der Waals surface area contributed by atoms with E-state index in [1.807, 2.05) is 18.2 Å². The molecule has 2 aromatic heterocycles. The maximum atomic E-state index is 6.14. The van der Waals surface area contributed by atoms with Gasteiger partial charge >= 0.3 is 0 Å². The minimum Gasteiger partial charge on any atom is -0.376 e. The van der Waals surface area contributed by atoms with Crippen LogP contribution in [0.1, 0.15) is 23.3 Å². The summed E-state index contributed by atoms with van der Waals surface area (Å²) in [6, 6.07) is 7.89. The second-order valence-corrected chi connectivity index (χ2v) is 9.41. The summed E-state index contributed by atoms with van der Waals surface area (Å²) in [6.45, 7) is 3.72. The highest BCUT2D eigenvalue weighted by molar-refractivity contribution is 7.98. The molecule has 27 heavy (non-hydrogen) atoms. The first-order valence-corrected chi connectivity index (χ1v) is 11.4. The summed E-state index contributed by atoms with van der Waals surface area (Å²) in [6.07, 6.45) is 2.42. The lowest BCUT2D eigenvalue weighted by atomic mass is 10.2. The van der Waals surface area contributed by atoms with Crippen molar-refractivity contribution in [2.75, 3.05) is 6.61 Å². The molecular formula is C19H19Cl2N3OS2. The predicted octanol–water partition coefficient (Wildman–Crippen LogP) is 6.09. The molecular weight excluding hydrogens is 421 g/mol. The lowest BCUT2D eigenvalue weighted by Crippen LogP contribution is -2.16. The van der Waals surface area contributed by atoms with Gasteiger partial charge in [0.05, 0.1) is 22.7 Å². The summed E-state index contributed by atoms with van der Waals surface area (Å²) in [4.78, 5) is 1.27. The molecule has 3 heterocycles. The summed E-state index contributed by atoms with van der Waals surface area (Å²) < 4.78 is 8.05. The van der Waals surface area contributed by atoms with E-state index in [-0.39, 0.29) is 6.10 Å². The lowest BCUT2D eigenvalue weighted by Gasteiger charge is -2.14. The highest BCUT2D eigenvalue weighted by Crippen LogP contribution is 2.31. The molecule has 0 spiro atoms. The minimum absolute atomic E-state index is 0.226. The molecule has 0 amide bonds. The van der Waals surface area contributed by atoms with Crippen molar-refractivity contribution < 1.29 is 4.74 Å². The number of nitrogens with zero attached hydrogens (tertiary/aromatic N) is 3. The van der Waals surface area contributed by atoms with Gasteiger partial charge in [-0.1, -0.05) is 41.0 Å². The van der Waals surface area contributed by atoms with Crippen LogP contribution < -0.4 is 0 Å². The van der Waals surface area contributed by atoms with Crippen LogP contribution in [0.3, 0.4) is 0 Å². The van der Waals surface area contributed by atoms with Crippen LogP contribution in [0.25, 0.3) is 11.4 Å². The highest BCUT2D eigenvalue weighted by Gasteiger charge is 2.22. The summed E-state index contributed by atoms with van der Waals surface area (Å²) in [7, 11) is 0. The largest absolute Gasteiger partial charge is 0.376 e. The van der Waals surface area contributed by atoms with E-state index in [0.29, 0.717) is 10.0 Å². The predicted molar refractivity (Wildman–Crippen MR) is 113 cm³/mol. The molecule has 4 nitrogen and oxygen atoms in total. The standard InChI is InChI=1S/C19H19Cl2N3OS2/c1-12-7-14(11-26-12)18-22-23-19(24(18)9-15-3-2-6-25-15)27-10-13-4-5-16(20)17(21)8-13/h4-5,7-8,11,15H,2-3,6,9-10H2,1H3. The molecule has 4 rings (SSSR count). The van der Waals surface area contributed by atoms with Crippen LogP contribution in [-0.4, -0.2) is 27.5 Å². The van der Waals surface area contributed by atoms with Crippen molar-refractivity contribution in [3.8, 4) is 11.4 Å². The van der Waals surface area contributed by atoms with Gasteiger partial charge in [0.1, 0.15) is 0 Å². The molecule has 1 aromatic carbocycles. The van der Waals surface area contributed by atoms with E-state index in [1.54, 1.807) is 23.1 Å². The number of benzene rings is 1. The van der Waals surface area contributed by atoms with Crippen molar-refractivity contribution in [3.63, 3.8) is 0 Å². The number of hydrogen-bond acceptors (Lipinski definition) is 5. The van der Waals surface area contributed by atoms with Crippen molar-refractivity contribution in [2.45, 2.75) is 43.3 Å². The smallest absolute Gasteiger partial charge is 0.191 e. The Balaban J connectivity index is 1.58. The van der Waals surface area contributed by atoms with Gasteiger partial charge in [-0.2, -0.15) is 0 Å². The Morgan fingerprint density at radius 3 is 2.85 bits per heavy atom. The van der Waals surface area contributed by atoms with Crippen LogP contribution in [0.4, 0.5) is 0 Å². The molecule has 1 saturated heterocycles. The summed E-state index contributed by atoms with van der Waals surface area (Å²) in [5.74, 6) is 1.66. The Labute approximate surface area is 176 Å². The average molecular weight is 440 g/mol. The van der Waals surface area contributed by atoms with Crippen molar-refractivity contribution in [1.82, 2.24) is 14.8 Å². The van der Waals surface area contributed by atoms with Gasteiger partial charge in [-0.15, -0.1) is 21.5 Å². The van der Waals surface area contributed by atoms with Gasteiger partial charge in [0.15, 0.2) is 11.0 Å². The Hall–Kier alpha value is -1.05. The van der Waals surface area contributed by atoms with E-state index in [4.69, 9.17) is 27.9 Å². The van der Waals surface area contributed by atoms with Crippen molar-refractivity contribution >= 4 is 46.3 Å². The number of aryl methyl sites for hydroxylation is 1. The number of thioether (sulfide) groups is 1. The van der Waals surface area contributed by atoms with Gasteiger partial charge in [-0.3, -0.25) is 4.57 Å². The Kier molecular flexibility index (Phi) is 6.09. The van der Waals surface area contributed by atoms with E-state index >= 15 is 0 Å². The zero-order valence-electron chi connectivity index (χ0n) is 14.8. The van der Waals surface area contributed by atoms with Gasteiger partial charge in [0, 0.05) is 28.2 Å². The number of ether oxygens (including phenoxy) is 1. The normalized spacial score (nSPS) is 16.9. The van der Waals surface area contributed by atoms with Crippen LogP contribution in [-0.2, 0) is 17.0 Å². The number of hydrogen-bond donors (Lipinski definition) is 0. The fourth-order valence-electron chi connectivity index (χ4n) is 3.10. The third-order valence-corrected chi connectivity index (χ3v) is 7.11. The zero-order valence-corrected chi connectivity index (χ0v) is 18.0. The minimum atomic E-state index is 0.226. The SMILES string of the molecule is Cc1cc(-c2nnc(SCc3ccc(Cl)c(Cl)c3)n2CC2CCCO2)cs1. The zero-order chi connectivity index (χ0) is 18.8. The topological polar surface area (TPSA) is 39.9 Å². The second kappa shape index (κ2) is 8.53. The second-order valence-electron chi connectivity index (χ2n) is 6.53. The fraction of sp³-hybridized carbons (Fsp3) is 0.368. The Morgan fingerprint density at radius 2 is 2.15 bits per heavy atom. The molecule has 1 fully saturated rings. The summed E-state index contributed by atoms with van der Waals surface area (Å²) in [5.41, 5.74) is 2.22. The van der Waals surface area contributed by atoms with Crippen LogP contribution in [0.5, 0.6) is 0 Å². The lowest BCUT2D eigenvalue weighted by molar-refractivity contribution is 0.0953. The van der Waals surface area contributed by atoms with E-state index in [9.17, 15) is 0 Å². The molecule has 0 bridgehead atoms. The molecule has 142 valence electrons. The molecule has 1 aliphatic rings. The summed E-state index contributed by atoms with van der Waals surface area (Å²) in [5, 5.41) is 13.1. The molecule has 3 aromatic rings. The van der Waals surface area contributed by atoms with Crippen LogP contribution >= 0.6 is 46.3 Å². The number of halogens is 2. The van der Waals surface area contributed by atoms with Gasteiger partial charge < -0.3 is 4.74 Å². The molecule has 0 N–H and O–H groups in total. The van der Waals surface area contributed by atoms with Gasteiger partial charge in [-0.05, 0) is 43.5 Å². The first-order chi connectivity index (χ1) is 13.1. The van der Waals surface area contributed by atoms with Crippen LogP contribution in [0, 0.1) is 6.92 Å². The quantitative estimate of drug-likeness (QED) is 0.435. The van der Waals surface area contributed by atoms with Crippen LogP contribution in [0.15, 0.2) is 34.8 Å². The van der Waals surface area contributed by atoms with E-state index < -0.39 is 0 Å². The monoisotopic (exact) mass is 439 g/mol. The molecule has 1 unspecified atom stereocenters. The van der Waals surface area contributed by atoms with Gasteiger partial charge in [0.2, 0.25) is 0 Å². The van der Waals surface area contributed by atoms with Gasteiger partial charge in [0.25, 0.3) is 0 Å². The molecule has 1 atom stereocenters. The number of rotatable bonds is 6. The summed E-state index contributed by atoms with van der Waals surface area (Å²) >= 11 is 15.5. The fourth-order valence-corrected chi connectivity index (χ4v) is 5.00. The third kappa shape index (κ3) is 4.51. The average Bonchev–Trinajstić information content (AvgIpc) is 3.38. The molecule has 8 heteroatoms. The Bertz CT molecular complexity index is 935. The van der Waals surface area contributed by atoms with E-state index in [0.717, 1.165) is 53.9 Å². The highest BCUT2D eigenvalue weighted by atomic mass is 35.5. The molecule has 0 aliphatic carbocycles. The molecule has 1 aliphatic heterocycles. The molecule has 0 radical (unpaired) electrons. The van der Waals surface area contributed by atoms with Crippen molar-refractivity contribution in [3.05, 3.63) is 50.1 Å². The first-order valence-electron chi connectivity index (χ1n) is 8.77. The Morgan fingerprint density at radius 1 is 1.26 bits per heavy atom. The number of thiophene rings is 1. The molecule has 0 saturated carbocycles. The maximum Gasteiger partial charge on any atom is 0.191 e. The first kappa shape index (κ1) is 19.3.